The quantitative estimate of drug-likeness (QED) is 0.757. The van der Waals surface area contributed by atoms with Crippen LogP contribution in [0.5, 0.6) is 0 Å². The highest BCUT2D eigenvalue weighted by atomic mass is 16.3. The van der Waals surface area contributed by atoms with E-state index in [2.05, 4.69) is 15.1 Å². The van der Waals surface area contributed by atoms with Gasteiger partial charge in [-0.05, 0) is 12.8 Å². The number of nitrogens with zero attached hydrogens (tertiary/aromatic N) is 2. The molecular formula is C14H27N3O. The van der Waals surface area contributed by atoms with Gasteiger partial charge in [0.25, 0.3) is 0 Å². The van der Waals surface area contributed by atoms with E-state index in [1.165, 1.54) is 45.4 Å². The highest BCUT2D eigenvalue weighted by molar-refractivity contribution is 4.94. The summed E-state index contributed by atoms with van der Waals surface area (Å²) in [7, 11) is 0. The number of likely N-dealkylation sites (tertiary alicyclic amines) is 1. The first kappa shape index (κ1) is 12.9. The van der Waals surface area contributed by atoms with Gasteiger partial charge in [0.05, 0.1) is 5.60 Å². The van der Waals surface area contributed by atoms with Crippen LogP contribution in [0.15, 0.2) is 0 Å². The molecule has 2 saturated heterocycles. The van der Waals surface area contributed by atoms with Gasteiger partial charge in [-0.2, -0.15) is 0 Å². The van der Waals surface area contributed by atoms with Gasteiger partial charge in [-0.15, -0.1) is 0 Å². The lowest BCUT2D eigenvalue weighted by Gasteiger charge is -2.49. The fraction of sp³-hybridized carbons (Fsp3) is 1.00. The van der Waals surface area contributed by atoms with Gasteiger partial charge in [0.2, 0.25) is 0 Å². The van der Waals surface area contributed by atoms with Crippen molar-refractivity contribution in [2.75, 3.05) is 45.8 Å². The summed E-state index contributed by atoms with van der Waals surface area (Å²) < 4.78 is 0. The maximum atomic E-state index is 10.5. The zero-order valence-corrected chi connectivity index (χ0v) is 11.4. The smallest absolute Gasteiger partial charge is 0.0774 e. The molecule has 0 atom stereocenters. The molecule has 18 heavy (non-hydrogen) atoms. The van der Waals surface area contributed by atoms with Crippen molar-refractivity contribution in [2.45, 2.75) is 43.7 Å². The van der Waals surface area contributed by atoms with Gasteiger partial charge in [-0.1, -0.05) is 19.3 Å². The third-order valence-electron chi connectivity index (χ3n) is 4.91. The zero-order chi connectivity index (χ0) is 12.4. The Balaban J connectivity index is 1.41. The second-order valence-electron chi connectivity index (χ2n) is 6.42. The molecule has 4 nitrogen and oxygen atoms in total. The Hall–Kier alpha value is -0.160. The first-order valence-corrected chi connectivity index (χ1v) is 7.65. The molecule has 0 unspecified atom stereocenters. The lowest BCUT2D eigenvalue weighted by Crippen LogP contribution is -2.64. The van der Waals surface area contributed by atoms with Gasteiger partial charge in [0.15, 0.2) is 0 Å². The molecule has 2 heterocycles. The van der Waals surface area contributed by atoms with E-state index >= 15 is 0 Å². The SMILES string of the molecule is OC1(CN2CC(N3CCNCC3)C2)CCCCC1. The van der Waals surface area contributed by atoms with Crippen LogP contribution in [0, 0.1) is 0 Å². The molecule has 4 heteroatoms. The number of aliphatic hydroxyl groups is 1. The molecule has 3 rings (SSSR count). The molecule has 0 radical (unpaired) electrons. The van der Waals surface area contributed by atoms with E-state index in [9.17, 15) is 5.11 Å². The van der Waals surface area contributed by atoms with Crippen molar-refractivity contribution in [1.29, 1.82) is 0 Å². The topological polar surface area (TPSA) is 38.7 Å². The molecule has 1 aliphatic carbocycles. The summed E-state index contributed by atoms with van der Waals surface area (Å²) in [5.41, 5.74) is -0.368. The number of β-amino-alcohol motifs (C(OH)–C–C–N with tert-alkyl or cyclic N) is 1. The molecule has 3 fully saturated rings. The Kier molecular flexibility index (Phi) is 3.89. The first-order chi connectivity index (χ1) is 8.75. The van der Waals surface area contributed by atoms with Gasteiger partial charge < -0.3 is 10.4 Å². The van der Waals surface area contributed by atoms with Crippen LogP contribution in [0.2, 0.25) is 0 Å². The predicted octanol–water partition coefficient (Wildman–Crippen LogP) is 0.271. The van der Waals surface area contributed by atoms with E-state index in [4.69, 9.17) is 0 Å². The third-order valence-corrected chi connectivity index (χ3v) is 4.91. The van der Waals surface area contributed by atoms with Crippen LogP contribution < -0.4 is 5.32 Å². The van der Waals surface area contributed by atoms with Crippen molar-refractivity contribution in [3.8, 4) is 0 Å². The normalized spacial score (nSPS) is 31.2. The monoisotopic (exact) mass is 253 g/mol. The van der Waals surface area contributed by atoms with E-state index in [0.29, 0.717) is 0 Å². The van der Waals surface area contributed by atoms with Crippen LogP contribution in [0.4, 0.5) is 0 Å². The van der Waals surface area contributed by atoms with Crippen molar-refractivity contribution in [1.82, 2.24) is 15.1 Å². The molecule has 2 N–H and O–H groups in total. The lowest BCUT2D eigenvalue weighted by molar-refractivity contribution is -0.0641. The number of hydrogen-bond acceptors (Lipinski definition) is 4. The standard InChI is InChI=1S/C14H27N3O/c18-14(4-2-1-3-5-14)12-16-10-13(11-16)17-8-6-15-7-9-17/h13,15,18H,1-12H2. The van der Waals surface area contributed by atoms with E-state index in [1.807, 2.05) is 0 Å². The van der Waals surface area contributed by atoms with E-state index in [0.717, 1.165) is 38.5 Å². The molecule has 104 valence electrons. The minimum absolute atomic E-state index is 0.368. The van der Waals surface area contributed by atoms with Crippen molar-refractivity contribution in [3.05, 3.63) is 0 Å². The summed E-state index contributed by atoms with van der Waals surface area (Å²) in [6.07, 6.45) is 5.77. The Morgan fingerprint density at radius 1 is 1.06 bits per heavy atom. The Bertz CT molecular complexity index is 266. The molecule has 2 aliphatic heterocycles. The number of rotatable bonds is 3. The van der Waals surface area contributed by atoms with Gasteiger partial charge in [0.1, 0.15) is 0 Å². The van der Waals surface area contributed by atoms with Crippen molar-refractivity contribution >= 4 is 0 Å². The van der Waals surface area contributed by atoms with Crippen LogP contribution in [-0.4, -0.2) is 72.4 Å². The van der Waals surface area contributed by atoms with Gasteiger partial charge in [-0.25, -0.2) is 0 Å². The summed E-state index contributed by atoms with van der Waals surface area (Å²) in [4.78, 5) is 5.07. The van der Waals surface area contributed by atoms with Crippen LogP contribution in [-0.2, 0) is 0 Å². The molecule has 0 bridgehead atoms. The average molecular weight is 253 g/mol. The average Bonchev–Trinajstić information content (AvgIpc) is 2.35. The maximum Gasteiger partial charge on any atom is 0.0774 e. The molecule has 0 aromatic carbocycles. The third kappa shape index (κ3) is 2.87. The minimum Gasteiger partial charge on any atom is -0.389 e. The Labute approximate surface area is 110 Å². The summed E-state index contributed by atoms with van der Waals surface area (Å²) in [5, 5.41) is 13.9. The van der Waals surface area contributed by atoms with E-state index in [-0.39, 0.29) is 5.60 Å². The summed E-state index contributed by atoms with van der Waals surface area (Å²) in [6, 6.07) is 0.749. The molecule has 0 aromatic heterocycles. The summed E-state index contributed by atoms with van der Waals surface area (Å²) in [6.45, 7) is 7.92. The van der Waals surface area contributed by atoms with Crippen LogP contribution >= 0.6 is 0 Å². The first-order valence-electron chi connectivity index (χ1n) is 7.65. The number of hydrogen-bond donors (Lipinski definition) is 2. The number of nitrogens with one attached hydrogen (secondary N) is 1. The van der Waals surface area contributed by atoms with Gasteiger partial charge in [0, 0.05) is 51.9 Å². The van der Waals surface area contributed by atoms with Crippen molar-refractivity contribution in [3.63, 3.8) is 0 Å². The molecular weight excluding hydrogens is 226 g/mol. The molecule has 0 aromatic rings. The Morgan fingerprint density at radius 2 is 1.72 bits per heavy atom. The number of piperazine rings is 1. The second kappa shape index (κ2) is 5.45. The predicted molar refractivity (Wildman–Crippen MR) is 72.7 cm³/mol. The largest absolute Gasteiger partial charge is 0.389 e. The van der Waals surface area contributed by atoms with Crippen LogP contribution in [0.1, 0.15) is 32.1 Å². The molecule has 1 saturated carbocycles. The van der Waals surface area contributed by atoms with E-state index in [1.54, 1.807) is 0 Å². The fourth-order valence-electron chi connectivity index (χ4n) is 3.73. The van der Waals surface area contributed by atoms with Gasteiger partial charge >= 0.3 is 0 Å². The second-order valence-corrected chi connectivity index (χ2v) is 6.42. The van der Waals surface area contributed by atoms with Crippen LogP contribution in [0.3, 0.4) is 0 Å². The Morgan fingerprint density at radius 3 is 2.39 bits per heavy atom. The van der Waals surface area contributed by atoms with Crippen molar-refractivity contribution < 1.29 is 5.11 Å². The van der Waals surface area contributed by atoms with Gasteiger partial charge in [-0.3, -0.25) is 9.80 Å². The highest BCUT2D eigenvalue weighted by Crippen LogP contribution is 2.30. The van der Waals surface area contributed by atoms with E-state index < -0.39 is 0 Å². The lowest BCUT2D eigenvalue weighted by atomic mass is 9.83. The summed E-state index contributed by atoms with van der Waals surface area (Å²) in [5.74, 6) is 0. The zero-order valence-electron chi connectivity index (χ0n) is 11.4. The fourth-order valence-corrected chi connectivity index (χ4v) is 3.73. The molecule has 0 spiro atoms. The van der Waals surface area contributed by atoms with Crippen molar-refractivity contribution in [2.24, 2.45) is 0 Å². The minimum atomic E-state index is -0.368. The molecule has 0 amide bonds. The maximum absolute atomic E-state index is 10.5. The summed E-state index contributed by atoms with van der Waals surface area (Å²) >= 11 is 0. The molecule has 3 aliphatic rings. The van der Waals surface area contributed by atoms with Crippen LogP contribution in [0.25, 0.3) is 0 Å². The highest BCUT2D eigenvalue weighted by Gasteiger charge is 2.38.